The molecule has 2 unspecified atom stereocenters. The first-order valence-corrected chi connectivity index (χ1v) is 8.80. The van der Waals surface area contributed by atoms with Crippen molar-refractivity contribution in [1.29, 1.82) is 10.5 Å². The van der Waals surface area contributed by atoms with Crippen molar-refractivity contribution in [2.75, 3.05) is 5.32 Å². The highest BCUT2D eigenvalue weighted by molar-refractivity contribution is 6.29. The van der Waals surface area contributed by atoms with E-state index >= 15 is 0 Å². The molecule has 1 heterocycles. The average Bonchev–Trinajstić information content (AvgIpc) is 3.02. The molecule has 1 aromatic heterocycles. The molecule has 0 spiro atoms. The maximum Gasteiger partial charge on any atom is 0.248 e. The summed E-state index contributed by atoms with van der Waals surface area (Å²) in [5.41, 5.74) is 0.712. The third-order valence-electron chi connectivity index (χ3n) is 4.64. The van der Waals surface area contributed by atoms with Crippen molar-refractivity contribution in [1.82, 2.24) is 9.97 Å². The number of benzene rings is 1. The molecule has 3 rings (SSSR count). The Labute approximate surface area is 164 Å². The number of nitrogens with zero attached hydrogens (tertiary/aromatic N) is 4. The van der Waals surface area contributed by atoms with E-state index in [0.29, 0.717) is 5.56 Å². The number of alkyl halides is 2. The lowest BCUT2D eigenvalue weighted by atomic mass is 9.82. The van der Waals surface area contributed by atoms with Crippen LogP contribution < -0.4 is 5.32 Å². The van der Waals surface area contributed by atoms with E-state index in [9.17, 15) is 24.1 Å². The predicted octanol–water partition coefficient (Wildman–Crippen LogP) is 4.03. The van der Waals surface area contributed by atoms with Gasteiger partial charge < -0.3 is 5.32 Å². The third-order valence-corrected chi connectivity index (χ3v) is 4.84. The maximum absolute atomic E-state index is 13.8. The van der Waals surface area contributed by atoms with Gasteiger partial charge in [-0.05, 0) is 36.1 Å². The van der Waals surface area contributed by atoms with Crippen LogP contribution in [0.4, 0.5) is 14.6 Å². The number of anilines is 1. The monoisotopic (exact) mass is 401 g/mol. The van der Waals surface area contributed by atoms with Gasteiger partial charge in [0.05, 0.1) is 41.6 Å². The normalized spacial score (nSPS) is 18.7. The number of rotatable bonds is 4. The summed E-state index contributed by atoms with van der Waals surface area (Å²) in [5, 5.41) is 21.1. The fraction of sp³-hybridized carbons (Fsp3) is 0.316. The lowest BCUT2D eigenvalue weighted by molar-refractivity contribution is -0.118. The van der Waals surface area contributed by atoms with Crippen LogP contribution in [0.2, 0.25) is 5.15 Å². The van der Waals surface area contributed by atoms with Gasteiger partial charge >= 0.3 is 0 Å². The molecule has 1 aliphatic carbocycles. The van der Waals surface area contributed by atoms with Gasteiger partial charge in [-0.1, -0.05) is 11.6 Å². The first kappa shape index (κ1) is 19.7. The fourth-order valence-electron chi connectivity index (χ4n) is 3.45. The molecule has 28 heavy (non-hydrogen) atoms. The molecule has 1 fully saturated rings. The van der Waals surface area contributed by atoms with Gasteiger partial charge in [0.15, 0.2) is 5.82 Å². The van der Waals surface area contributed by atoms with E-state index in [2.05, 4.69) is 15.3 Å². The minimum absolute atomic E-state index is 0.126. The molecule has 2 aromatic rings. The van der Waals surface area contributed by atoms with Crippen LogP contribution in [0.15, 0.2) is 30.6 Å². The Kier molecular flexibility index (Phi) is 5.53. The second-order valence-corrected chi connectivity index (χ2v) is 7.00. The van der Waals surface area contributed by atoms with Crippen molar-refractivity contribution >= 4 is 23.3 Å². The van der Waals surface area contributed by atoms with Gasteiger partial charge in [0, 0.05) is 12.8 Å². The molecule has 1 amide bonds. The van der Waals surface area contributed by atoms with E-state index < -0.39 is 30.1 Å². The minimum Gasteiger partial charge on any atom is -0.309 e. The molecule has 9 heteroatoms. The quantitative estimate of drug-likeness (QED) is 0.833. The standard InChI is InChI=1S/C19H14ClF2N5O/c20-15-9-26-16(10-25-15)27-18(28)17(13-1-2-19(21,22)6-13)14-4-11(7-23)3-12(5-14)8-24/h3-5,9-10,13,17H,1-2,6H2,(H,26,27,28). The Hall–Kier alpha value is -3.10. The van der Waals surface area contributed by atoms with Crippen molar-refractivity contribution in [3.05, 3.63) is 52.4 Å². The lowest BCUT2D eigenvalue weighted by Crippen LogP contribution is -2.28. The molecule has 1 aliphatic rings. The first-order valence-electron chi connectivity index (χ1n) is 8.43. The van der Waals surface area contributed by atoms with E-state index in [1.807, 2.05) is 12.1 Å². The maximum atomic E-state index is 13.8. The highest BCUT2D eigenvalue weighted by Crippen LogP contribution is 2.46. The molecular weight excluding hydrogens is 388 g/mol. The molecule has 1 saturated carbocycles. The average molecular weight is 402 g/mol. The van der Waals surface area contributed by atoms with Crippen LogP contribution in [-0.4, -0.2) is 21.8 Å². The number of aromatic nitrogens is 2. The summed E-state index contributed by atoms with van der Waals surface area (Å²) in [6.07, 6.45) is 1.89. The summed E-state index contributed by atoms with van der Waals surface area (Å²) in [6.45, 7) is 0. The van der Waals surface area contributed by atoms with Gasteiger partial charge in [0.1, 0.15) is 5.15 Å². The molecule has 142 valence electrons. The summed E-state index contributed by atoms with van der Waals surface area (Å²) < 4.78 is 27.6. The summed E-state index contributed by atoms with van der Waals surface area (Å²) in [6, 6.07) is 8.15. The highest BCUT2D eigenvalue weighted by Gasteiger charge is 2.45. The van der Waals surface area contributed by atoms with Crippen LogP contribution in [-0.2, 0) is 4.79 Å². The number of halogens is 3. The van der Waals surface area contributed by atoms with Crippen LogP contribution in [0.25, 0.3) is 0 Å². The zero-order chi connectivity index (χ0) is 20.3. The number of hydrogen-bond donors (Lipinski definition) is 1. The Morgan fingerprint density at radius 1 is 1.21 bits per heavy atom. The van der Waals surface area contributed by atoms with E-state index in [1.54, 1.807) is 0 Å². The summed E-state index contributed by atoms with van der Waals surface area (Å²) >= 11 is 5.68. The largest absolute Gasteiger partial charge is 0.309 e. The van der Waals surface area contributed by atoms with E-state index in [0.717, 1.165) is 0 Å². The number of nitrogens with one attached hydrogen (secondary N) is 1. The van der Waals surface area contributed by atoms with Gasteiger partial charge in [-0.25, -0.2) is 18.7 Å². The van der Waals surface area contributed by atoms with Crippen LogP contribution >= 0.6 is 11.6 Å². The Bertz CT molecular complexity index is 949. The van der Waals surface area contributed by atoms with Crippen molar-refractivity contribution in [3.63, 3.8) is 0 Å². The number of hydrogen-bond acceptors (Lipinski definition) is 5. The predicted molar refractivity (Wildman–Crippen MR) is 96.6 cm³/mol. The van der Waals surface area contributed by atoms with E-state index in [-0.39, 0.29) is 34.9 Å². The van der Waals surface area contributed by atoms with Crippen LogP contribution in [0.5, 0.6) is 0 Å². The smallest absolute Gasteiger partial charge is 0.248 e. The van der Waals surface area contributed by atoms with Crippen molar-refractivity contribution in [3.8, 4) is 12.1 Å². The first-order chi connectivity index (χ1) is 13.3. The molecular formula is C19H14ClF2N5O. The van der Waals surface area contributed by atoms with Crippen LogP contribution in [0.1, 0.15) is 41.9 Å². The highest BCUT2D eigenvalue weighted by atomic mass is 35.5. The van der Waals surface area contributed by atoms with Crippen molar-refractivity contribution in [2.45, 2.75) is 31.1 Å². The molecule has 6 nitrogen and oxygen atoms in total. The van der Waals surface area contributed by atoms with Crippen LogP contribution in [0, 0.1) is 28.6 Å². The van der Waals surface area contributed by atoms with Crippen molar-refractivity contribution < 1.29 is 13.6 Å². The molecule has 0 saturated heterocycles. The molecule has 1 aromatic carbocycles. The Balaban J connectivity index is 1.98. The topological polar surface area (TPSA) is 102 Å². The Morgan fingerprint density at radius 2 is 1.89 bits per heavy atom. The van der Waals surface area contributed by atoms with Gasteiger partial charge in [0.2, 0.25) is 11.8 Å². The molecule has 1 N–H and O–H groups in total. The number of amides is 1. The SMILES string of the molecule is N#Cc1cc(C#N)cc(C(C(=O)Nc2cnc(Cl)cn2)C2CCC(F)(F)C2)c1. The van der Waals surface area contributed by atoms with E-state index in [1.165, 1.54) is 30.6 Å². The molecule has 2 atom stereocenters. The van der Waals surface area contributed by atoms with Gasteiger partial charge in [0.25, 0.3) is 0 Å². The summed E-state index contributed by atoms with van der Waals surface area (Å²) in [4.78, 5) is 20.7. The van der Waals surface area contributed by atoms with Gasteiger partial charge in [-0.15, -0.1) is 0 Å². The molecule has 0 aliphatic heterocycles. The lowest BCUT2D eigenvalue weighted by Gasteiger charge is -2.23. The molecule has 0 bridgehead atoms. The fourth-order valence-corrected chi connectivity index (χ4v) is 3.55. The number of nitriles is 2. The minimum atomic E-state index is -2.85. The van der Waals surface area contributed by atoms with Gasteiger partial charge in [-0.2, -0.15) is 10.5 Å². The second-order valence-electron chi connectivity index (χ2n) is 6.62. The molecule has 0 radical (unpaired) electrons. The summed E-state index contributed by atoms with van der Waals surface area (Å²) in [5.74, 6) is -4.89. The van der Waals surface area contributed by atoms with E-state index in [4.69, 9.17) is 11.6 Å². The zero-order valence-corrected chi connectivity index (χ0v) is 15.2. The zero-order valence-electron chi connectivity index (χ0n) is 14.5. The van der Waals surface area contributed by atoms with Crippen molar-refractivity contribution in [2.24, 2.45) is 5.92 Å². The second kappa shape index (κ2) is 7.87. The Morgan fingerprint density at radius 3 is 2.39 bits per heavy atom. The number of carbonyl (C=O) groups excluding carboxylic acids is 1. The summed E-state index contributed by atoms with van der Waals surface area (Å²) in [7, 11) is 0. The third kappa shape index (κ3) is 4.41. The number of carbonyl (C=O) groups is 1. The van der Waals surface area contributed by atoms with Gasteiger partial charge in [-0.3, -0.25) is 4.79 Å². The van der Waals surface area contributed by atoms with Crippen LogP contribution in [0.3, 0.4) is 0 Å².